The second-order valence-electron chi connectivity index (χ2n) is 3.98. The van der Waals surface area contributed by atoms with Crippen molar-refractivity contribution in [2.75, 3.05) is 12.4 Å². The van der Waals surface area contributed by atoms with Crippen LogP contribution in [0.4, 0.5) is 4.79 Å². The summed E-state index contributed by atoms with van der Waals surface area (Å²) in [6.45, 7) is 0.00224. The Morgan fingerprint density at radius 3 is 2.76 bits per heavy atom. The van der Waals surface area contributed by atoms with Gasteiger partial charge in [-0.05, 0) is 19.3 Å². The Morgan fingerprint density at radius 2 is 2.18 bits per heavy atom. The number of amides is 2. The first-order chi connectivity index (χ1) is 8.08. The van der Waals surface area contributed by atoms with E-state index in [1.54, 1.807) is 0 Å². The summed E-state index contributed by atoms with van der Waals surface area (Å²) in [7, 11) is 0. The van der Waals surface area contributed by atoms with Crippen molar-refractivity contribution in [3.05, 3.63) is 4.91 Å². The van der Waals surface area contributed by atoms with Crippen molar-refractivity contribution >= 4 is 17.6 Å². The Labute approximate surface area is 104 Å². The number of alkyl halides is 1. The fourth-order valence-electron chi connectivity index (χ4n) is 1.78. The van der Waals surface area contributed by atoms with Gasteiger partial charge in [-0.2, -0.15) is 5.01 Å². The van der Waals surface area contributed by atoms with Crippen molar-refractivity contribution in [3.63, 3.8) is 0 Å². The first-order valence-electron chi connectivity index (χ1n) is 5.42. The van der Waals surface area contributed by atoms with E-state index in [2.05, 4.69) is 10.6 Å². The number of hydrogen-bond acceptors (Lipinski definition) is 5. The maximum absolute atomic E-state index is 11.6. The number of hydrogen-bond donors (Lipinski definition) is 3. The Hall–Kier alpha value is -0.920. The van der Waals surface area contributed by atoms with Gasteiger partial charge in [0.25, 0.3) is 0 Å². The number of nitrogens with zero attached hydrogens (tertiary/aromatic N) is 2. The number of rotatable bonds is 4. The van der Waals surface area contributed by atoms with E-state index in [0.29, 0.717) is 17.9 Å². The molecule has 0 spiro atoms. The van der Waals surface area contributed by atoms with Gasteiger partial charge in [-0.1, -0.05) is 0 Å². The van der Waals surface area contributed by atoms with Gasteiger partial charge in [0.1, 0.15) is 0 Å². The van der Waals surface area contributed by atoms with Crippen molar-refractivity contribution in [3.8, 4) is 0 Å². The van der Waals surface area contributed by atoms with Crippen LogP contribution in [0.1, 0.15) is 19.3 Å². The van der Waals surface area contributed by atoms with Crippen LogP contribution in [0, 0.1) is 4.91 Å². The van der Waals surface area contributed by atoms with Crippen LogP contribution in [0.15, 0.2) is 5.29 Å². The summed E-state index contributed by atoms with van der Waals surface area (Å²) in [5.74, 6) is 0.0923. The fourth-order valence-corrected chi connectivity index (χ4v) is 1.94. The monoisotopic (exact) mass is 265 g/mol. The van der Waals surface area contributed by atoms with Gasteiger partial charge >= 0.3 is 6.03 Å². The Balaban J connectivity index is 2.50. The van der Waals surface area contributed by atoms with E-state index in [1.807, 2.05) is 0 Å². The maximum Gasteiger partial charge on any atom is 0.340 e. The van der Waals surface area contributed by atoms with Crippen LogP contribution in [-0.2, 0) is 0 Å². The first kappa shape index (κ1) is 14.1. The molecule has 7 nitrogen and oxygen atoms in total. The van der Waals surface area contributed by atoms with E-state index in [-0.39, 0.29) is 18.8 Å². The van der Waals surface area contributed by atoms with Crippen molar-refractivity contribution < 1.29 is 15.0 Å². The van der Waals surface area contributed by atoms with Crippen LogP contribution < -0.4 is 5.32 Å². The van der Waals surface area contributed by atoms with Gasteiger partial charge in [-0.25, -0.2) is 4.79 Å². The van der Waals surface area contributed by atoms with Gasteiger partial charge in [-0.3, -0.25) is 0 Å². The molecule has 1 saturated carbocycles. The lowest BCUT2D eigenvalue weighted by atomic mass is 9.90. The minimum Gasteiger partial charge on any atom is -0.393 e. The summed E-state index contributed by atoms with van der Waals surface area (Å²) >= 11 is 5.40. The third-order valence-electron chi connectivity index (χ3n) is 2.72. The molecule has 0 heterocycles. The lowest BCUT2D eigenvalue weighted by molar-refractivity contribution is 0.0273. The number of carbonyl (C=O) groups excluding carboxylic acids is 1. The second kappa shape index (κ2) is 6.73. The molecule has 3 unspecified atom stereocenters. The Bertz CT molecular complexity index is 279. The average molecular weight is 266 g/mol. The van der Waals surface area contributed by atoms with Crippen molar-refractivity contribution in [2.24, 2.45) is 5.29 Å². The molecule has 2 amide bonds. The quantitative estimate of drug-likeness (QED) is 0.384. The van der Waals surface area contributed by atoms with Crippen molar-refractivity contribution in [1.29, 1.82) is 0 Å². The molecule has 1 fully saturated rings. The zero-order valence-corrected chi connectivity index (χ0v) is 10.0. The smallest absolute Gasteiger partial charge is 0.340 e. The molecule has 17 heavy (non-hydrogen) atoms. The number of nitrogens with one attached hydrogen (secondary N) is 1. The normalized spacial score (nSPS) is 28.5. The summed E-state index contributed by atoms with van der Waals surface area (Å²) in [6.07, 6.45) is -0.0807. The van der Waals surface area contributed by atoms with Crippen molar-refractivity contribution in [2.45, 2.75) is 37.5 Å². The Morgan fingerprint density at radius 1 is 1.47 bits per heavy atom. The third-order valence-corrected chi connectivity index (χ3v) is 2.89. The third kappa shape index (κ3) is 4.10. The number of nitroso groups, excluding NO2 is 1. The predicted molar refractivity (Wildman–Crippen MR) is 61.4 cm³/mol. The molecule has 0 radical (unpaired) electrons. The minimum atomic E-state index is -0.716. The highest BCUT2D eigenvalue weighted by atomic mass is 35.5. The van der Waals surface area contributed by atoms with E-state index in [1.165, 1.54) is 0 Å². The van der Waals surface area contributed by atoms with Crippen LogP contribution in [0.3, 0.4) is 0 Å². The molecule has 0 aromatic heterocycles. The van der Waals surface area contributed by atoms with Gasteiger partial charge < -0.3 is 15.5 Å². The fraction of sp³-hybridized carbons (Fsp3) is 0.889. The number of carbonyl (C=O) groups is 1. The Kier molecular flexibility index (Phi) is 5.60. The molecule has 0 aliphatic heterocycles. The standard InChI is InChI=1S/C9H16ClN3O4/c10-3-4-13(12-17)9(16)11-7-5-6(14)1-2-8(7)15/h6-8,14-15H,1-5H2,(H,11,16). The lowest BCUT2D eigenvalue weighted by Gasteiger charge is -2.31. The molecule has 0 bridgehead atoms. The van der Waals surface area contributed by atoms with Gasteiger partial charge in [0.2, 0.25) is 0 Å². The SMILES string of the molecule is O=NN(CCCl)C(=O)NC1CC(O)CCC1O. The lowest BCUT2D eigenvalue weighted by Crippen LogP contribution is -2.51. The van der Waals surface area contributed by atoms with E-state index in [4.69, 9.17) is 11.6 Å². The molecular formula is C9H16ClN3O4. The predicted octanol–water partition coefficient (Wildman–Crippen LogP) is 0.193. The maximum atomic E-state index is 11.6. The average Bonchev–Trinajstić information content (AvgIpc) is 2.30. The largest absolute Gasteiger partial charge is 0.393 e. The molecule has 1 aliphatic rings. The molecule has 98 valence electrons. The minimum absolute atomic E-state index is 0.00224. The molecule has 0 saturated heterocycles. The molecule has 1 aliphatic carbocycles. The van der Waals surface area contributed by atoms with E-state index >= 15 is 0 Å². The van der Waals surface area contributed by atoms with Gasteiger partial charge in [0, 0.05) is 5.88 Å². The number of urea groups is 1. The van der Waals surface area contributed by atoms with Gasteiger partial charge in [0.15, 0.2) is 0 Å². The summed E-state index contributed by atoms with van der Waals surface area (Å²) in [6, 6.07) is -1.27. The molecule has 3 atom stereocenters. The summed E-state index contributed by atoms with van der Waals surface area (Å²) < 4.78 is 0. The molecule has 3 N–H and O–H groups in total. The number of aliphatic hydroxyl groups is 2. The van der Waals surface area contributed by atoms with E-state index < -0.39 is 24.3 Å². The highest BCUT2D eigenvalue weighted by Crippen LogP contribution is 2.19. The van der Waals surface area contributed by atoms with Crippen molar-refractivity contribution in [1.82, 2.24) is 10.3 Å². The summed E-state index contributed by atoms with van der Waals surface area (Å²) in [5.41, 5.74) is 0. The van der Waals surface area contributed by atoms with Crippen LogP contribution >= 0.6 is 11.6 Å². The van der Waals surface area contributed by atoms with Crippen LogP contribution in [0.25, 0.3) is 0 Å². The molecule has 0 aromatic rings. The molecule has 8 heteroatoms. The molecule has 1 rings (SSSR count). The van der Waals surface area contributed by atoms with E-state index in [9.17, 15) is 19.9 Å². The summed E-state index contributed by atoms with van der Waals surface area (Å²) in [5, 5.41) is 24.7. The highest BCUT2D eigenvalue weighted by molar-refractivity contribution is 6.18. The van der Waals surface area contributed by atoms with Crippen LogP contribution in [0.5, 0.6) is 0 Å². The topological polar surface area (TPSA) is 102 Å². The van der Waals surface area contributed by atoms with E-state index in [0.717, 1.165) is 0 Å². The van der Waals surface area contributed by atoms with Gasteiger partial charge in [0.05, 0.1) is 30.1 Å². The molecular weight excluding hydrogens is 250 g/mol. The highest BCUT2D eigenvalue weighted by Gasteiger charge is 2.30. The summed E-state index contributed by atoms with van der Waals surface area (Å²) in [4.78, 5) is 21.9. The zero-order valence-electron chi connectivity index (χ0n) is 9.25. The van der Waals surface area contributed by atoms with Crippen LogP contribution in [-0.4, -0.2) is 51.9 Å². The number of halogens is 1. The second-order valence-corrected chi connectivity index (χ2v) is 4.36. The first-order valence-corrected chi connectivity index (χ1v) is 5.95. The molecule has 0 aromatic carbocycles. The van der Waals surface area contributed by atoms with Gasteiger partial charge in [-0.15, -0.1) is 16.5 Å². The zero-order chi connectivity index (χ0) is 12.8. The van der Waals surface area contributed by atoms with Crippen LogP contribution in [0.2, 0.25) is 0 Å². The number of aliphatic hydroxyl groups excluding tert-OH is 2.